The van der Waals surface area contributed by atoms with E-state index in [1.807, 2.05) is 13.2 Å². The summed E-state index contributed by atoms with van der Waals surface area (Å²) in [5, 5.41) is 4.03. The van der Waals surface area contributed by atoms with Gasteiger partial charge in [0.15, 0.2) is 5.96 Å². The van der Waals surface area contributed by atoms with Gasteiger partial charge >= 0.3 is 0 Å². The molecule has 15 heavy (non-hydrogen) atoms. The molecule has 1 rings (SSSR count). The van der Waals surface area contributed by atoms with Crippen LogP contribution in [0.3, 0.4) is 0 Å². The lowest BCUT2D eigenvalue weighted by atomic mass is 10.3. The van der Waals surface area contributed by atoms with Crippen molar-refractivity contribution in [2.24, 2.45) is 34.2 Å². The van der Waals surface area contributed by atoms with Crippen LogP contribution in [0.1, 0.15) is 5.56 Å². The van der Waals surface area contributed by atoms with Crippen LogP contribution in [-0.2, 0) is 13.5 Å². The van der Waals surface area contributed by atoms with Crippen molar-refractivity contribution in [1.82, 2.24) is 9.78 Å². The molecule has 0 unspecified atom stereocenters. The van der Waals surface area contributed by atoms with Crippen molar-refractivity contribution in [3.63, 3.8) is 0 Å². The molecule has 1 aromatic heterocycles. The van der Waals surface area contributed by atoms with Crippen molar-refractivity contribution < 1.29 is 0 Å². The first kappa shape index (κ1) is 11.0. The van der Waals surface area contributed by atoms with Crippen molar-refractivity contribution in [3.8, 4) is 0 Å². The summed E-state index contributed by atoms with van der Waals surface area (Å²) < 4.78 is 1.73. The number of hydrogen-bond donors (Lipinski definition) is 3. The van der Waals surface area contributed by atoms with E-state index in [9.17, 15) is 0 Å². The van der Waals surface area contributed by atoms with Gasteiger partial charge in [-0.3, -0.25) is 9.67 Å². The van der Waals surface area contributed by atoms with Crippen LogP contribution >= 0.6 is 0 Å². The van der Waals surface area contributed by atoms with E-state index in [1.165, 1.54) is 0 Å². The zero-order valence-electron chi connectivity index (χ0n) is 8.59. The second-order valence-electron chi connectivity index (χ2n) is 3.05. The Morgan fingerprint density at radius 2 is 2.20 bits per heavy atom. The molecule has 0 aliphatic heterocycles. The Bertz CT molecular complexity index is 372. The van der Waals surface area contributed by atoms with Gasteiger partial charge in [-0.2, -0.15) is 10.1 Å². The molecular formula is C8H15N7. The van der Waals surface area contributed by atoms with Gasteiger partial charge in [0.25, 0.3) is 0 Å². The summed E-state index contributed by atoms with van der Waals surface area (Å²) in [5.41, 5.74) is 16.8. The van der Waals surface area contributed by atoms with Crippen LogP contribution in [0.25, 0.3) is 0 Å². The van der Waals surface area contributed by atoms with E-state index in [0.29, 0.717) is 6.54 Å². The molecule has 6 N–H and O–H groups in total. The SMILES string of the molecule is Cn1cc(CCN=C(N)N=C(N)N)cn1. The summed E-state index contributed by atoms with van der Waals surface area (Å²) >= 11 is 0. The van der Waals surface area contributed by atoms with Crippen molar-refractivity contribution >= 4 is 11.9 Å². The number of hydrogen-bond acceptors (Lipinski definition) is 2. The van der Waals surface area contributed by atoms with Gasteiger partial charge in [0.05, 0.1) is 6.20 Å². The topological polar surface area (TPSA) is 121 Å². The first-order chi connectivity index (χ1) is 7.08. The fourth-order valence-corrected chi connectivity index (χ4v) is 1.07. The van der Waals surface area contributed by atoms with Crippen LogP contribution < -0.4 is 17.2 Å². The van der Waals surface area contributed by atoms with Gasteiger partial charge in [0.2, 0.25) is 5.96 Å². The number of aliphatic imine (C=N–C) groups is 2. The maximum absolute atomic E-state index is 5.43. The minimum Gasteiger partial charge on any atom is -0.370 e. The molecule has 0 aromatic carbocycles. The summed E-state index contributed by atoms with van der Waals surface area (Å²) in [6, 6.07) is 0. The highest BCUT2D eigenvalue weighted by Gasteiger charge is 1.95. The lowest BCUT2D eigenvalue weighted by molar-refractivity contribution is 0.766. The molecule has 7 heteroatoms. The number of rotatable bonds is 3. The number of nitrogens with two attached hydrogens (primary N) is 3. The Kier molecular flexibility index (Phi) is 3.67. The third kappa shape index (κ3) is 4.12. The molecule has 0 saturated heterocycles. The van der Waals surface area contributed by atoms with Crippen LogP contribution in [0.4, 0.5) is 0 Å². The quantitative estimate of drug-likeness (QED) is 0.416. The molecule has 0 spiro atoms. The predicted octanol–water partition coefficient (Wildman–Crippen LogP) is -1.45. The molecule has 0 fully saturated rings. The third-order valence-corrected chi connectivity index (χ3v) is 1.68. The van der Waals surface area contributed by atoms with Crippen molar-refractivity contribution in [3.05, 3.63) is 18.0 Å². The average molecular weight is 209 g/mol. The fraction of sp³-hybridized carbons (Fsp3) is 0.375. The maximum atomic E-state index is 5.43. The van der Waals surface area contributed by atoms with E-state index in [4.69, 9.17) is 17.2 Å². The molecule has 0 radical (unpaired) electrons. The zero-order valence-corrected chi connectivity index (χ0v) is 8.59. The molecule has 82 valence electrons. The summed E-state index contributed by atoms with van der Waals surface area (Å²) in [6.07, 6.45) is 4.47. The highest BCUT2D eigenvalue weighted by atomic mass is 15.2. The largest absolute Gasteiger partial charge is 0.370 e. The second-order valence-corrected chi connectivity index (χ2v) is 3.05. The first-order valence-corrected chi connectivity index (χ1v) is 4.45. The predicted molar refractivity (Wildman–Crippen MR) is 59.2 cm³/mol. The molecule has 7 nitrogen and oxygen atoms in total. The zero-order chi connectivity index (χ0) is 11.3. The maximum Gasteiger partial charge on any atom is 0.218 e. The Balaban J connectivity index is 2.42. The van der Waals surface area contributed by atoms with Crippen LogP contribution in [0.15, 0.2) is 22.4 Å². The molecule has 0 amide bonds. The smallest absolute Gasteiger partial charge is 0.218 e. The number of guanidine groups is 2. The van der Waals surface area contributed by atoms with Gasteiger partial charge in [-0.25, -0.2) is 0 Å². The third-order valence-electron chi connectivity index (χ3n) is 1.68. The van der Waals surface area contributed by atoms with E-state index in [0.717, 1.165) is 12.0 Å². The Morgan fingerprint density at radius 1 is 1.47 bits per heavy atom. The van der Waals surface area contributed by atoms with Crippen molar-refractivity contribution in [2.45, 2.75) is 6.42 Å². The monoisotopic (exact) mass is 209 g/mol. The van der Waals surface area contributed by atoms with Gasteiger partial charge < -0.3 is 17.2 Å². The molecule has 0 aliphatic rings. The lowest BCUT2D eigenvalue weighted by Crippen LogP contribution is -2.26. The van der Waals surface area contributed by atoms with Crippen LogP contribution in [0.2, 0.25) is 0 Å². The molecule has 0 bridgehead atoms. The highest BCUT2D eigenvalue weighted by molar-refractivity contribution is 5.92. The Hall–Kier alpha value is -2.05. The lowest BCUT2D eigenvalue weighted by Gasteiger charge is -1.94. The van der Waals surface area contributed by atoms with Gasteiger partial charge in [-0.15, -0.1) is 0 Å². The van der Waals surface area contributed by atoms with E-state index in [1.54, 1.807) is 10.9 Å². The van der Waals surface area contributed by atoms with Crippen molar-refractivity contribution in [2.75, 3.05) is 6.54 Å². The second kappa shape index (κ2) is 4.99. The number of nitrogens with zero attached hydrogens (tertiary/aromatic N) is 4. The minimum absolute atomic E-state index is 0.0855. The average Bonchev–Trinajstić information content (AvgIpc) is 2.50. The molecule has 0 saturated carbocycles. The van der Waals surface area contributed by atoms with Gasteiger partial charge in [0, 0.05) is 19.8 Å². The Labute approximate surface area is 87.7 Å². The molecular weight excluding hydrogens is 194 g/mol. The van der Waals surface area contributed by atoms with Gasteiger partial charge in [0.1, 0.15) is 0 Å². The summed E-state index contributed by atoms with van der Waals surface area (Å²) in [6.45, 7) is 0.536. The number of aromatic nitrogens is 2. The van der Waals surface area contributed by atoms with E-state index < -0.39 is 0 Å². The summed E-state index contributed by atoms with van der Waals surface area (Å²) in [5.74, 6) is 0.0107. The van der Waals surface area contributed by atoms with Crippen LogP contribution in [-0.4, -0.2) is 28.2 Å². The molecule has 1 aromatic rings. The van der Waals surface area contributed by atoms with E-state index >= 15 is 0 Å². The molecule has 0 atom stereocenters. The first-order valence-electron chi connectivity index (χ1n) is 4.45. The summed E-state index contributed by atoms with van der Waals surface area (Å²) in [7, 11) is 1.86. The van der Waals surface area contributed by atoms with Gasteiger partial charge in [-0.1, -0.05) is 0 Å². The number of aryl methyl sites for hydroxylation is 1. The fourth-order valence-electron chi connectivity index (χ4n) is 1.07. The highest BCUT2D eigenvalue weighted by Crippen LogP contribution is 1.97. The standard InChI is InChI=1S/C8H15N7/c1-15-5-6(4-13-15)2-3-12-8(11)14-7(9)10/h4-5H,2-3H2,1H3,(H6,9,10,11,12,14). The summed E-state index contributed by atoms with van der Waals surface area (Å²) in [4.78, 5) is 7.57. The van der Waals surface area contributed by atoms with E-state index in [2.05, 4.69) is 15.1 Å². The van der Waals surface area contributed by atoms with Crippen molar-refractivity contribution in [1.29, 1.82) is 0 Å². The normalized spacial score (nSPS) is 11.4. The van der Waals surface area contributed by atoms with Crippen LogP contribution in [0, 0.1) is 0 Å². The molecule has 0 aliphatic carbocycles. The molecule has 1 heterocycles. The Morgan fingerprint density at radius 3 is 2.73 bits per heavy atom. The van der Waals surface area contributed by atoms with Crippen LogP contribution in [0.5, 0.6) is 0 Å². The minimum atomic E-state index is -0.0855. The van der Waals surface area contributed by atoms with E-state index in [-0.39, 0.29) is 11.9 Å². The van der Waals surface area contributed by atoms with Gasteiger partial charge in [-0.05, 0) is 12.0 Å².